The van der Waals surface area contributed by atoms with Gasteiger partial charge in [-0.15, -0.1) is 0 Å². The van der Waals surface area contributed by atoms with Crippen LogP contribution in [-0.2, 0) is 9.53 Å². The monoisotopic (exact) mass is 356 g/mol. The second-order valence-electron chi connectivity index (χ2n) is 6.52. The van der Waals surface area contributed by atoms with Gasteiger partial charge in [0.05, 0.1) is 23.9 Å². The number of carbonyl (C=O) groups excluding carboxylic acids is 1. The Morgan fingerprint density at radius 2 is 2.21 bits per heavy atom. The number of rotatable bonds is 3. The quantitative estimate of drug-likeness (QED) is 0.873. The van der Waals surface area contributed by atoms with Gasteiger partial charge in [0.25, 0.3) is 0 Å². The number of carbonyl (C=O) groups is 1. The van der Waals surface area contributed by atoms with Gasteiger partial charge in [-0.1, -0.05) is 11.6 Å². The fraction of sp³-hybridized carbons (Fsp3) is 0.588. The second-order valence-corrected chi connectivity index (χ2v) is 6.96. The Hall–Kier alpha value is -1.21. The number of halogens is 2. The highest BCUT2D eigenvalue weighted by Gasteiger charge is 2.43. The van der Waals surface area contributed by atoms with E-state index < -0.39 is 17.5 Å². The molecule has 1 aromatic carbocycles. The Balaban J connectivity index is 1.51. The van der Waals surface area contributed by atoms with Gasteiger partial charge in [-0.05, 0) is 43.9 Å². The molecule has 0 radical (unpaired) electrons. The third-order valence-corrected chi connectivity index (χ3v) is 5.13. The number of aliphatic hydroxyl groups is 1. The number of benzene rings is 1. The number of nitrogens with zero attached hydrogens (tertiary/aromatic N) is 1. The summed E-state index contributed by atoms with van der Waals surface area (Å²) in [5, 5.41) is 13.1. The molecular weight excluding hydrogens is 335 g/mol. The lowest BCUT2D eigenvalue weighted by Crippen LogP contribution is -2.55. The zero-order chi connectivity index (χ0) is 17.2. The number of hydrogen-bond acceptors (Lipinski definition) is 4. The molecule has 132 valence electrons. The highest BCUT2D eigenvalue weighted by molar-refractivity contribution is 6.30. The third kappa shape index (κ3) is 3.88. The fourth-order valence-electron chi connectivity index (χ4n) is 3.46. The second kappa shape index (κ2) is 7.35. The largest absolute Gasteiger partial charge is 0.390 e. The molecule has 1 amide bonds. The summed E-state index contributed by atoms with van der Waals surface area (Å²) in [6, 6.07) is 4.16. The van der Waals surface area contributed by atoms with Crippen LogP contribution in [0.3, 0.4) is 0 Å². The summed E-state index contributed by atoms with van der Waals surface area (Å²) < 4.78 is 19.6. The van der Waals surface area contributed by atoms with Gasteiger partial charge in [-0.3, -0.25) is 9.69 Å². The molecular formula is C17H22ClFN2O3. The van der Waals surface area contributed by atoms with Gasteiger partial charge >= 0.3 is 0 Å². The van der Waals surface area contributed by atoms with Crippen LogP contribution in [0.5, 0.6) is 0 Å². The molecule has 0 saturated carbocycles. The lowest BCUT2D eigenvalue weighted by Gasteiger charge is -2.46. The molecule has 2 heterocycles. The minimum atomic E-state index is -0.549. The van der Waals surface area contributed by atoms with Crippen LogP contribution in [-0.4, -0.2) is 53.9 Å². The summed E-state index contributed by atoms with van der Waals surface area (Å²) in [7, 11) is 0. The number of amides is 1. The van der Waals surface area contributed by atoms with Crippen molar-refractivity contribution in [3.05, 3.63) is 29.0 Å². The average molecular weight is 357 g/mol. The number of ether oxygens (including phenoxy) is 1. The molecule has 0 aliphatic carbocycles. The Morgan fingerprint density at radius 1 is 1.46 bits per heavy atom. The van der Waals surface area contributed by atoms with Crippen LogP contribution in [0, 0.1) is 5.82 Å². The van der Waals surface area contributed by atoms with Crippen LogP contribution in [0.2, 0.25) is 5.02 Å². The minimum Gasteiger partial charge on any atom is -0.390 e. The molecule has 0 unspecified atom stereocenters. The van der Waals surface area contributed by atoms with E-state index in [2.05, 4.69) is 5.32 Å². The van der Waals surface area contributed by atoms with Crippen molar-refractivity contribution >= 4 is 23.2 Å². The zero-order valence-corrected chi connectivity index (χ0v) is 14.2. The van der Waals surface area contributed by atoms with Crippen LogP contribution in [0.1, 0.15) is 25.7 Å². The Bertz CT molecular complexity index is 605. The van der Waals surface area contributed by atoms with Crippen LogP contribution >= 0.6 is 11.6 Å². The van der Waals surface area contributed by atoms with Crippen LogP contribution in [0.25, 0.3) is 0 Å². The average Bonchev–Trinajstić information content (AvgIpc) is 2.55. The van der Waals surface area contributed by atoms with Gasteiger partial charge in [0, 0.05) is 24.7 Å². The molecule has 1 aromatic rings. The van der Waals surface area contributed by atoms with Gasteiger partial charge in [0.2, 0.25) is 5.91 Å². The molecule has 2 N–H and O–H groups in total. The number of nitrogens with one attached hydrogen (secondary N) is 1. The van der Waals surface area contributed by atoms with E-state index in [0.717, 1.165) is 12.8 Å². The summed E-state index contributed by atoms with van der Waals surface area (Å²) in [6.07, 6.45) is 2.65. The van der Waals surface area contributed by atoms with Gasteiger partial charge in [-0.2, -0.15) is 0 Å². The number of anilines is 1. The summed E-state index contributed by atoms with van der Waals surface area (Å²) in [5.74, 6) is -0.815. The minimum absolute atomic E-state index is 0.129. The maximum atomic E-state index is 13.7. The van der Waals surface area contributed by atoms with Crippen molar-refractivity contribution in [1.29, 1.82) is 0 Å². The van der Waals surface area contributed by atoms with Gasteiger partial charge < -0.3 is 15.2 Å². The predicted molar refractivity (Wildman–Crippen MR) is 89.6 cm³/mol. The van der Waals surface area contributed by atoms with Crippen molar-refractivity contribution in [2.45, 2.75) is 37.4 Å². The fourth-order valence-corrected chi connectivity index (χ4v) is 3.62. The van der Waals surface area contributed by atoms with Crippen LogP contribution in [0.15, 0.2) is 18.2 Å². The maximum absolute atomic E-state index is 13.7. The Labute approximate surface area is 145 Å². The van der Waals surface area contributed by atoms with E-state index in [1.165, 1.54) is 18.2 Å². The van der Waals surface area contributed by atoms with E-state index in [1.54, 1.807) is 0 Å². The van der Waals surface area contributed by atoms with Crippen molar-refractivity contribution in [3.63, 3.8) is 0 Å². The maximum Gasteiger partial charge on any atom is 0.238 e. The van der Waals surface area contributed by atoms with Gasteiger partial charge in [0.15, 0.2) is 0 Å². The van der Waals surface area contributed by atoms with E-state index in [1.807, 2.05) is 4.90 Å². The van der Waals surface area contributed by atoms with Gasteiger partial charge in [-0.25, -0.2) is 4.39 Å². The first-order chi connectivity index (χ1) is 11.5. The van der Waals surface area contributed by atoms with Crippen molar-refractivity contribution in [1.82, 2.24) is 4.90 Å². The molecule has 2 saturated heterocycles. The molecule has 2 fully saturated rings. The number of piperidine rings is 1. The van der Waals surface area contributed by atoms with E-state index in [-0.39, 0.29) is 23.2 Å². The van der Waals surface area contributed by atoms with Gasteiger partial charge in [0.1, 0.15) is 5.82 Å². The number of hydrogen-bond donors (Lipinski definition) is 2. The molecule has 2 aliphatic heterocycles. The molecule has 0 bridgehead atoms. The van der Waals surface area contributed by atoms with E-state index in [9.17, 15) is 14.3 Å². The first-order valence-corrected chi connectivity index (χ1v) is 8.66. The smallest absolute Gasteiger partial charge is 0.238 e. The number of likely N-dealkylation sites (tertiary alicyclic amines) is 1. The lowest BCUT2D eigenvalue weighted by molar-refractivity contribution is -0.177. The number of aliphatic hydroxyl groups excluding tert-OH is 1. The molecule has 24 heavy (non-hydrogen) atoms. The van der Waals surface area contributed by atoms with E-state index in [4.69, 9.17) is 16.3 Å². The standard InChI is InChI=1S/C17H22ClFN2O3/c18-12-3-4-14(13(19)10-12)20-16(23)11-21-7-5-17(6-8-21)15(22)2-1-9-24-17/h3-4,10,15,22H,1-2,5-9,11H2,(H,20,23)/t15-/m0/s1. The van der Waals surface area contributed by atoms with E-state index >= 15 is 0 Å². The molecule has 3 rings (SSSR count). The molecule has 2 aliphatic rings. The van der Waals surface area contributed by atoms with Crippen LogP contribution < -0.4 is 5.32 Å². The summed E-state index contributed by atoms with van der Waals surface area (Å²) in [6.45, 7) is 2.22. The normalized spacial score (nSPS) is 24.0. The van der Waals surface area contributed by atoms with Crippen molar-refractivity contribution in [2.24, 2.45) is 0 Å². The summed E-state index contributed by atoms with van der Waals surface area (Å²) in [4.78, 5) is 14.1. The third-order valence-electron chi connectivity index (χ3n) is 4.89. The lowest BCUT2D eigenvalue weighted by atomic mass is 9.82. The predicted octanol–water partition coefficient (Wildman–Crippen LogP) is 2.42. The topological polar surface area (TPSA) is 61.8 Å². The van der Waals surface area contributed by atoms with Crippen LogP contribution in [0.4, 0.5) is 10.1 Å². The molecule has 7 heteroatoms. The molecule has 5 nitrogen and oxygen atoms in total. The molecule has 0 aromatic heterocycles. The zero-order valence-electron chi connectivity index (χ0n) is 13.4. The van der Waals surface area contributed by atoms with E-state index in [0.29, 0.717) is 32.5 Å². The highest BCUT2D eigenvalue weighted by Crippen LogP contribution is 2.35. The van der Waals surface area contributed by atoms with Crippen molar-refractivity contribution in [2.75, 3.05) is 31.6 Å². The highest BCUT2D eigenvalue weighted by atomic mass is 35.5. The molecule has 1 atom stereocenters. The first-order valence-electron chi connectivity index (χ1n) is 8.28. The SMILES string of the molecule is O=C(CN1CCC2(CC1)OCCC[C@@H]2O)Nc1ccc(Cl)cc1F. The Morgan fingerprint density at radius 3 is 2.88 bits per heavy atom. The summed E-state index contributed by atoms with van der Waals surface area (Å²) in [5.41, 5.74) is -0.322. The summed E-state index contributed by atoms with van der Waals surface area (Å²) >= 11 is 5.70. The van der Waals surface area contributed by atoms with Crippen molar-refractivity contribution < 1.29 is 19.0 Å². The van der Waals surface area contributed by atoms with Crippen molar-refractivity contribution in [3.8, 4) is 0 Å². The Kier molecular flexibility index (Phi) is 5.39. The molecule has 1 spiro atoms. The first kappa shape index (κ1) is 17.6.